The second-order valence-electron chi connectivity index (χ2n) is 6.20. The molecule has 2 rings (SSSR count). The quantitative estimate of drug-likeness (QED) is 0.800. The molecule has 1 atom stereocenters. The fourth-order valence-corrected chi connectivity index (χ4v) is 2.61. The molecule has 0 amide bonds. The van der Waals surface area contributed by atoms with Crippen LogP contribution < -0.4 is 14.8 Å². The van der Waals surface area contributed by atoms with E-state index < -0.39 is 0 Å². The molecule has 0 aliphatic carbocycles. The predicted octanol–water partition coefficient (Wildman–Crippen LogP) is 2.79. The molecule has 1 aromatic carbocycles. The smallest absolute Gasteiger partial charge is 0.165 e. The van der Waals surface area contributed by atoms with Crippen LogP contribution in [0.2, 0.25) is 0 Å². The number of benzene rings is 1. The fourth-order valence-electron chi connectivity index (χ4n) is 2.61. The number of nitrogens with one attached hydrogen (secondary N) is 1. The Labute approximate surface area is 127 Å². The van der Waals surface area contributed by atoms with Crippen LogP contribution in [-0.2, 0) is 11.2 Å². The number of hydrogen-bond donors (Lipinski definition) is 1. The molecule has 0 radical (unpaired) electrons. The highest BCUT2D eigenvalue weighted by Gasteiger charge is 2.32. The Morgan fingerprint density at radius 3 is 2.86 bits per heavy atom. The summed E-state index contributed by atoms with van der Waals surface area (Å²) in [4.78, 5) is 0. The van der Waals surface area contributed by atoms with E-state index >= 15 is 0 Å². The lowest BCUT2D eigenvalue weighted by Gasteiger charge is -2.21. The van der Waals surface area contributed by atoms with Gasteiger partial charge in [-0.05, 0) is 32.9 Å². The Hall–Kier alpha value is -1.26. The summed E-state index contributed by atoms with van der Waals surface area (Å²) < 4.78 is 17.3. The first kappa shape index (κ1) is 16.1. The molecular weight excluding hydrogens is 266 g/mol. The van der Waals surface area contributed by atoms with E-state index in [4.69, 9.17) is 14.2 Å². The molecular formula is C17H27NO3. The average Bonchev–Trinajstić information content (AvgIpc) is 2.76. The largest absolute Gasteiger partial charge is 0.488 e. The molecule has 1 N–H and O–H groups in total. The van der Waals surface area contributed by atoms with Crippen molar-refractivity contribution in [2.75, 3.05) is 26.9 Å². The lowest BCUT2D eigenvalue weighted by atomic mass is 10.0. The van der Waals surface area contributed by atoms with Gasteiger partial charge in [0.1, 0.15) is 12.2 Å². The highest BCUT2D eigenvalue weighted by Crippen LogP contribution is 2.41. The van der Waals surface area contributed by atoms with Gasteiger partial charge in [-0.2, -0.15) is 0 Å². The van der Waals surface area contributed by atoms with Gasteiger partial charge >= 0.3 is 0 Å². The van der Waals surface area contributed by atoms with Gasteiger partial charge in [-0.25, -0.2) is 0 Å². The van der Waals surface area contributed by atoms with Crippen molar-refractivity contribution in [2.24, 2.45) is 0 Å². The molecule has 1 heterocycles. The van der Waals surface area contributed by atoms with E-state index in [0.717, 1.165) is 30.9 Å². The molecule has 0 saturated heterocycles. The van der Waals surface area contributed by atoms with E-state index in [2.05, 4.69) is 32.2 Å². The van der Waals surface area contributed by atoms with E-state index in [1.807, 2.05) is 12.1 Å². The average molecular weight is 293 g/mol. The molecule has 1 aliphatic rings. The van der Waals surface area contributed by atoms with Gasteiger partial charge in [0, 0.05) is 19.1 Å². The van der Waals surface area contributed by atoms with Gasteiger partial charge in [-0.1, -0.05) is 19.1 Å². The Kier molecular flexibility index (Phi) is 5.48. The maximum absolute atomic E-state index is 6.02. The standard InChI is InChI=1S/C17H27NO3/c1-5-9-18-14(11-19-4)12-20-15-8-6-7-13-10-17(2,3)21-16(13)15/h6-8,14,18H,5,9-12H2,1-4H3. The zero-order valence-electron chi connectivity index (χ0n) is 13.6. The zero-order chi connectivity index (χ0) is 15.3. The molecule has 1 aliphatic heterocycles. The van der Waals surface area contributed by atoms with E-state index in [0.29, 0.717) is 13.2 Å². The molecule has 4 heteroatoms. The Bertz CT molecular complexity index is 459. The third-order valence-corrected chi connectivity index (χ3v) is 3.55. The predicted molar refractivity (Wildman–Crippen MR) is 84.3 cm³/mol. The summed E-state index contributed by atoms with van der Waals surface area (Å²) in [6.07, 6.45) is 2.02. The minimum atomic E-state index is -0.145. The number of fused-ring (bicyclic) bond motifs is 1. The minimum absolute atomic E-state index is 0.145. The van der Waals surface area contributed by atoms with Crippen LogP contribution in [0.1, 0.15) is 32.8 Å². The lowest BCUT2D eigenvalue weighted by Crippen LogP contribution is -2.38. The van der Waals surface area contributed by atoms with E-state index in [9.17, 15) is 0 Å². The SMILES string of the molecule is CCCNC(COC)COc1cccc2c1OC(C)(C)C2. The first-order valence-electron chi connectivity index (χ1n) is 7.71. The molecule has 0 saturated carbocycles. The molecule has 0 bridgehead atoms. The normalized spacial score (nSPS) is 17.1. The van der Waals surface area contributed by atoms with Crippen molar-refractivity contribution in [1.82, 2.24) is 5.32 Å². The third kappa shape index (κ3) is 4.35. The van der Waals surface area contributed by atoms with Crippen molar-refractivity contribution in [3.05, 3.63) is 23.8 Å². The molecule has 0 spiro atoms. The highest BCUT2D eigenvalue weighted by molar-refractivity contribution is 5.50. The van der Waals surface area contributed by atoms with Crippen molar-refractivity contribution >= 4 is 0 Å². The van der Waals surface area contributed by atoms with Gasteiger partial charge in [0.15, 0.2) is 11.5 Å². The van der Waals surface area contributed by atoms with Crippen LogP contribution in [0.5, 0.6) is 11.5 Å². The van der Waals surface area contributed by atoms with Crippen LogP contribution in [0.25, 0.3) is 0 Å². The Morgan fingerprint density at radius 1 is 1.33 bits per heavy atom. The van der Waals surface area contributed by atoms with Gasteiger partial charge in [0.05, 0.1) is 12.6 Å². The number of hydrogen-bond acceptors (Lipinski definition) is 4. The molecule has 0 fully saturated rings. The van der Waals surface area contributed by atoms with Crippen molar-refractivity contribution in [3.8, 4) is 11.5 Å². The minimum Gasteiger partial charge on any atom is -0.488 e. The topological polar surface area (TPSA) is 39.7 Å². The molecule has 0 aromatic heterocycles. The van der Waals surface area contributed by atoms with Gasteiger partial charge in [-0.3, -0.25) is 0 Å². The first-order valence-corrected chi connectivity index (χ1v) is 7.71. The second kappa shape index (κ2) is 7.14. The summed E-state index contributed by atoms with van der Waals surface area (Å²) in [6.45, 7) is 8.54. The first-order chi connectivity index (χ1) is 10.1. The van der Waals surface area contributed by atoms with Crippen molar-refractivity contribution < 1.29 is 14.2 Å². The Balaban J connectivity index is 1.99. The Morgan fingerprint density at radius 2 is 2.14 bits per heavy atom. The van der Waals surface area contributed by atoms with Crippen LogP contribution >= 0.6 is 0 Å². The van der Waals surface area contributed by atoms with E-state index in [1.165, 1.54) is 5.56 Å². The lowest BCUT2D eigenvalue weighted by molar-refractivity contribution is 0.120. The van der Waals surface area contributed by atoms with Crippen LogP contribution in [0, 0.1) is 0 Å². The summed E-state index contributed by atoms with van der Waals surface area (Å²) >= 11 is 0. The number of ether oxygens (including phenoxy) is 3. The zero-order valence-corrected chi connectivity index (χ0v) is 13.6. The van der Waals surface area contributed by atoms with Crippen LogP contribution in [0.4, 0.5) is 0 Å². The van der Waals surface area contributed by atoms with Crippen molar-refractivity contribution in [2.45, 2.75) is 45.3 Å². The summed E-state index contributed by atoms with van der Waals surface area (Å²) in [5, 5.41) is 3.43. The van der Waals surface area contributed by atoms with Gasteiger partial charge in [0.2, 0.25) is 0 Å². The van der Waals surface area contributed by atoms with Gasteiger partial charge in [0.25, 0.3) is 0 Å². The van der Waals surface area contributed by atoms with Crippen molar-refractivity contribution in [3.63, 3.8) is 0 Å². The molecule has 1 aromatic rings. The molecule has 21 heavy (non-hydrogen) atoms. The third-order valence-electron chi connectivity index (χ3n) is 3.55. The second-order valence-corrected chi connectivity index (χ2v) is 6.20. The fraction of sp³-hybridized carbons (Fsp3) is 0.647. The van der Waals surface area contributed by atoms with Crippen LogP contribution in [-0.4, -0.2) is 38.5 Å². The van der Waals surface area contributed by atoms with E-state index in [-0.39, 0.29) is 11.6 Å². The number of para-hydroxylation sites is 1. The van der Waals surface area contributed by atoms with Crippen LogP contribution in [0.3, 0.4) is 0 Å². The molecule has 1 unspecified atom stereocenters. The maximum Gasteiger partial charge on any atom is 0.165 e. The van der Waals surface area contributed by atoms with Gasteiger partial charge < -0.3 is 19.5 Å². The van der Waals surface area contributed by atoms with Crippen molar-refractivity contribution in [1.29, 1.82) is 0 Å². The number of methoxy groups -OCH3 is 1. The summed E-state index contributed by atoms with van der Waals surface area (Å²) in [5.74, 6) is 1.73. The van der Waals surface area contributed by atoms with Gasteiger partial charge in [-0.15, -0.1) is 0 Å². The summed E-state index contributed by atoms with van der Waals surface area (Å²) in [5.41, 5.74) is 1.08. The van der Waals surface area contributed by atoms with E-state index in [1.54, 1.807) is 7.11 Å². The highest BCUT2D eigenvalue weighted by atomic mass is 16.5. The maximum atomic E-state index is 6.02. The molecule has 118 valence electrons. The summed E-state index contributed by atoms with van der Waals surface area (Å²) in [6, 6.07) is 6.31. The van der Waals surface area contributed by atoms with Crippen LogP contribution in [0.15, 0.2) is 18.2 Å². The summed E-state index contributed by atoms with van der Waals surface area (Å²) in [7, 11) is 1.71. The monoisotopic (exact) mass is 293 g/mol. The molecule has 4 nitrogen and oxygen atoms in total. The number of rotatable bonds is 8.